The molecule has 1 aliphatic rings. The molecule has 1 saturated heterocycles. The lowest BCUT2D eigenvalue weighted by molar-refractivity contribution is -0.120. The van der Waals surface area contributed by atoms with Gasteiger partial charge in [-0.25, -0.2) is 4.99 Å². The standard InChI is InChI=1S/C24H31N5O2/c1-2-25-24(28-18-22(30)26-15-14-19-7-4-3-5-8-19)27-17-20-10-12-21(13-11-20)29-16-6-9-23(29)31/h3-5,7-8,10-13H,2,6,9,14-18H2,1H3,(H,26,30)(H2,25,27,28). The highest BCUT2D eigenvalue weighted by Crippen LogP contribution is 2.21. The van der Waals surface area contributed by atoms with Gasteiger partial charge in [-0.3, -0.25) is 9.59 Å². The molecule has 3 rings (SSSR count). The van der Waals surface area contributed by atoms with E-state index < -0.39 is 0 Å². The van der Waals surface area contributed by atoms with Gasteiger partial charge >= 0.3 is 0 Å². The van der Waals surface area contributed by atoms with Crippen LogP contribution < -0.4 is 20.9 Å². The number of carbonyl (C=O) groups excluding carboxylic acids is 2. The molecular formula is C24H31N5O2. The maximum Gasteiger partial charge on any atom is 0.239 e. The molecule has 2 amide bonds. The molecule has 2 aromatic rings. The van der Waals surface area contributed by atoms with E-state index in [4.69, 9.17) is 0 Å². The lowest BCUT2D eigenvalue weighted by Crippen LogP contribution is -2.43. The van der Waals surface area contributed by atoms with Crippen molar-refractivity contribution in [3.05, 3.63) is 65.7 Å². The molecule has 7 nitrogen and oxygen atoms in total. The van der Waals surface area contributed by atoms with E-state index in [2.05, 4.69) is 33.1 Å². The molecule has 0 atom stereocenters. The van der Waals surface area contributed by atoms with Gasteiger partial charge in [0.05, 0.1) is 13.1 Å². The van der Waals surface area contributed by atoms with E-state index in [0.29, 0.717) is 32.0 Å². The Hall–Kier alpha value is -3.35. The van der Waals surface area contributed by atoms with Gasteiger partial charge in [0.25, 0.3) is 0 Å². The van der Waals surface area contributed by atoms with Gasteiger partial charge in [0.2, 0.25) is 11.8 Å². The van der Waals surface area contributed by atoms with E-state index in [0.717, 1.165) is 30.6 Å². The second-order valence-electron chi connectivity index (χ2n) is 7.45. The quantitative estimate of drug-likeness (QED) is 0.428. The highest BCUT2D eigenvalue weighted by molar-refractivity contribution is 5.95. The number of nitrogens with zero attached hydrogens (tertiary/aromatic N) is 2. The van der Waals surface area contributed by atoms with Crippen molar-refractivity contribution in [2.24, 2.45) is 4.99 Å². The van der Waals surface area contributed by atoms with Crippen LogP contribution in [0.3, 0.4) is 0 Å². The first-order valence-corrected chi connectivity index (χ1v) is 10.9. The molecule has 0 aliphatic carbocycles. The summed E-state index contributed by atoms with van der Waals surface area (Å²) >= 11 is 0. The summed E-state index contributed by atoms with van der Waals surface area (Å²) in [6.45, 7) is 4.73. The average Bonchev–Trinajstić information content (AvgIpc) is 3.22. The Labute approximate surface area is 183 Å². The minimum Gasteiger partial charge on any atom is -0.357 e. The number of nitrogens with one attached hydrogen (secondary N) is 3. The van der Waals surface area contributed by atoms with E-state index >= 15 is 0 Å². The monoisotopic (exact) mass is 421 g/mol. The normalized spacial score (nSPS) is 13.9. The largest absolute Gasteiger partial charge is 0.357 e. The van der Waals surface area contributed by atoms with E-state index in [1.807, 2.05) is 54.3 Å². The molecule has 0 bridgehead atoms. The third-order valence-corrected chi connectivity index (χ3v) is 5.08. The predicted molar refractivity (Wildman–Crippen MR) is 124 cm³/mol. The van der Waals surface area contributed by atoms with Crippen LogP contribution in [-0.2, 0) is 22.6 Å². The van der Waals surface area contributed by atoms with Crippen LogP contribution in [0.2, 0.25) is 0 Å². The summed E-state index contributed by atoms with van der Waals surface area (Å²) < 4.78 is 0. The first kappa shape index (κ1) is 22.3. The molecule has 3 N–H and O–H groups in total. The zero-order chi connectivity index (χ0) is 21.9. The highest BCUT2D eigenvalue weighted by atomic mass is 16.2. The molecule has 31 heavy (non-hydrogen) atoms. The van der Waals surface area contributed by atoms with E-state index in [9.17, 15) is 9.59 Å². The molecule has 0 unspecified atom stereocenters. The van der Waals surface area contributed by atoms with E-state index in [1.54, 1.807) is 0 Å². The first-order valence-electron chi connectivity index (χ1n) is 10.9. The average molecular weight is 422 g/mol. The Kier molecular flexibility index (Phi) is 8.46. The molecule has 1 aliphatic heterocycles. The molecule has 0 saturated carbocycles. The lowest BCUT2D eigenvalue weighted by atomic mass is 10.1. The van der Waals surface area contributed by atoms with E-state index in [-0.39, 0.29) is 18.4 Å². The van der Waals surface area contributed by atoms with Gasteiger partial charge in [-0.2, -0.15) is 0 Å². The van der Waals surface area contributed by atoms with Crippen LogP contribution in [0.1, 0.15) is 30.9 Å². The summed E-state index contributed by atoms with van der Waals surface area (Å²) in [5, 5.41) is 9.16. The van der Waals surface area contributed by atoms with Crippen molar-refractivity contribution in [2.75, 3.05) is 31.1 Å². The number of rotatable bonds is 9. The smallest absolute Gasteiger partial charge is 0.239 e. The van der Waals surface area contributed by atoms with Crippen molar-refractivity contribution in [3.8, 4) is 0 Å². The highest BCUT2D eigenvalue weighted by Gasteiger charge is 2.21. The van der Waals surface area contributed by atoms with Crippen molar-refractivity contribution in [3.63, 3.8) is 0 Å². The Balaban J connectivity index is 1.44. The van der Waals surface area contributed by atoms with Crippen LogP contribution in [0.15, 0.2) is 59.6 Å². The Morgan fingerprint density at radius 3 is 2.45 bits per heavy atom. The molecule has 164 valence electrons. The van der Waals surface area contributed by atoms with Crippen molar-refractivity contribution < 1.29 is 9.59 Å². The third kappa shape index (κ3) is 7.13. The summed E-state index contributed by atoms with van der Waals surface area (Å²) in [6.07, 6.45) is 2.35. The van der Waals surface area contributed by atoms with Crippen molar-refractivity contribution >= 4 is 23.5 Å². The third-order valence-electron chi connectivity index (χ3n) is 5.08. The number of amides is 2. The molecule has 0 radical (unpaired) electrons. The molecule has 2 aromatic carbocycles. The molecule has 0 aromatic heterocycles. The van der Waals surface area contributed by atoms with Crippen molar-refractivity contribution in [1.82, 2.24) is 16.0 Å². The fraction of sp³-hybridized carbons (Fsp3) is 0.375. The van der Waals surface area contributed by atoms with Gasteiger partial charge in [-0.15, -0.1) is 0 Å². The summed E-state index contributed by atoms with van der Waals surface area (Å²) in [5.41, 5.74) is 3.18. The summed E-state index contributed by atoms with van der Waals surface area (Å²) in [4.78, 5) is 30.4. The van der Waals surface area contributed by atoms with Gasteiger partial charge in [-0.05, 0) is 43.0 Å². The van der Waals surface area contributed by atoms with Gasteiger partial charge in [0.15, 0.2) is 5.96 Å². The van der Waals surface area contributed by atoms with Crippen LogP contribution in [0.5, 0.6) is 0 Å². The second kappa shape index (κ2) is 11.7. The maximum absolute atomic E-state index is 12.1. The number of aliphatic imine (C=N–C) groups is 1. The zero-order valence-electron chi connectivity index (χ0n) is 18.1. The maximum atomic E-state index is 12.1. The Bertz CT molecular complexity index is 881. The van der Waals surface area contributed by atoms with Crippen LogP contribution in [-0.4, -0.2) is 44.0 Å². The summed E-state index contributed by atoms with van der Waals surface area (Å²) in [6, 6.07) is 18.0. The summed E-state index contributed by atoms with van der Waals surface area (Å²) in [5.74, 6) is 0.715. The predicted octanol–water partition coefficient (Wildman–Crippen LogP) is 2.23. The number of guanidine groups is 1. The van der Waals surface area contributed by atoms with Crippen LogP contribution >= 0.6 is 0 Å². The van der Waals surface area contributed by atoms with Crippen LogP contribution in [0, 0.1) is 0 Å². The van der Waals surface area contributed by atoms with Gasteiger partial charge in [0, 0.05) is 31.7 Å². The minimum absolute atomic E-state index is 0.0684. The Morgan fingerprint density at radius 2 is 1.77 bits per heavy atom. The number of anilines is 1. The fourth-order valence-electron chi connectivity index (χ4n) is 3.43. The van der Waals surface area contributed by atoms with Crippen molar-refractivity contribution in [1.29, 1.82) is 0 Å². The number of carbonyl (C=O) groups is 2. The van der Waals surface area contributed by atoms with Crippen LogP contribution in [0.4, 0.5) is 5.69 Å². The molecule has 1 heterocycles. The lowest BCUT2D eigenvalue weighted by Gasteiger charge is -2.16. The molecule has 1 fully saturated rings. The minimum atomic E-state index is -0.0684. The first-order chi connectivity index (χ1) is 15.2. The second-order valence-corrected chi connectivity index (χ2v) is 7.45. The zero-order valence-corrected chi connectivity index (χ0v) is 18.1. The molecule has 7 heteroatoms. The number of hydrogen-bond acceptors (Lipinski definition) is 3. The van der Waals surface area contributed by atoms with Gasteiger partial charge in [0.1, 0.15) is 0 Å². The van der Waals surface area contributed by atoms with Gasteiger partial charge in [-0.1, -0.05) is 42.5 Å². The topological polar surface area (TPSA) is 85.8 Å². The number of benzene rings is 2. The SMILES string of the molecule is CCNC(=NCc1ccc(N2CCCC2=O)cc1)NCC(=O)NCCc1ccccc1. The molecular weight excluding hydrogens is 390 g/mol. The van der Waals surface area contributed by atoms with E-state index in [1.165, 1.54) is 5.56 Å². The van der Waals surface area contributed by atoms with Crippen molar-refractivity contribution in [2.45, 2.75) is 32.7 Å². The Morgan fingerprint density at radius 1 is 1.00 bits per heavy atom. The summed E-state index contributed by atoms with van der Waals surface area (Å²) in [7, 11) is 0. The fourth-order valence-corrected chi connectivity index (χ4v) is 3.43. The number of hydrogen-bond donors (Lipinski definition) is 3. The van der Waals surface area contributed by atoms with Gasteiger partial charge < -0.3 is 20.9 Å². The van der Waals surface area contributed by atoms with Crippen LogP contribution in [0.25, 0.3) is 0 Å². The molecule has 0 spiro atoms.